The Hall–Kier alpha value is -0.620. The van der Waals surface area contributed by atoms with Crippen molar-refractivity contribution in [3.05, 3.63) is 0 Å². The molecule has 98 valence electrons. The minimum absolute atomic E-state index is 0.206. The molecular formula is C11H15F3O3. The molecule has 0 amide bonds. The number of carbonyl (C=O) groups is 1. The van der Waals surface area contributed by atoms with Crippen LogP contribution in [0.2, 0.25) is 0 Å². The maximum Gasteiger partial charge on any atom is 0.401 e. The lowest BCUT2D eigenvalue weighted by Crippen LogP contribution is -2.56. The molecule has 6 heteroatoms. The molecule has 0 aromatic rings. The number of halogens is 3. The monoisotopic (exact) mass is 252 g/mol. The number of ketones is 1. The summed E-state index contributed by atoms with van der Waals surface area (Å²) < 4.78 is 49.8. The lowest BCUT2D eigenvalue weighted by atomic mass is 9.67. The minimum atomic E-state index is -4.57. The van der Waals surface area contributed by atoms with Gasteiger partial charge in [0.15, 0.2) is 11.6 Å². The van der Waals surface area contributed by atoms with Crippen LogP contribution in [-0.2, 0) is 14.3 Å². The quantitative estimate of drug-likeness (QED) is 0.663. The summed E-state index contributed by atoms with van der Waals surface area (Å²) in [5, 5.41) is 0. The van der Waals surface area contributed by atoms with Crippen LogP contribution in [0.3, 0.4) is 0 Å². The molecule has 2 unspecified atom stereocenters. The van der Waals surface area contributed by atoms with E-state index in [0.29, 0.717) is 0 Å². The smallest absolute Gasteiger partial charge is 0.347 e. The van der Waals surface area contributed by atoms with E-state index < -0.39 is 35.5 Å². The van der Waals surface area contributed by atoms with E-state index in [1.165, 1.54) is 6.92 Å². The van der Waals surface area contributed by atoms with E-state index in [1.54, 1.807) is 0 Å². The Kier molecular flexibility index (Phi) is 2.78. The highest BCUT2D eigenvalue weighted by Gasteiger charge is 2.64. The molecule has 2 aliphatic rings. The highest BCUT2D eigenvalue weighted by molar-refractivity contribution is 5.88. The van der Waals surface area contributed by atoms with Crippen LogP contribution in [0, 0.1) is 11.3 Å². The molecule has 1 saturated heterocycles. The van der Waals surface area contributed by atoms with Crippen molar-refractivity contribution in [3.8, 4) is 0 Å². The predicted molar refractivity (Wildman–Crippen MR) is 52.2 cm³/mol. The van der Waals surface area contributed by atoms with Crippen molar-refractivity contribution >= 4 is 5.78 Å². The van der Waals surface area contributed by atoms with Gasteiger partial charge in [-0.2, -0.15) is 13.2 Å². The van der Waals surface area contributed by atoms with Crippen LogP contribution < -0.4 is 0 Å². The summed E-state index contributed by atoms with van der Waals surface area (Å²) in [4.78, 5) is 11.8. The van der Waals surface area contributed by atoms with Crippen LogP contribution in [0.15, 0.2) is 0 Å². The van der Waals surface area contributed by atoms with Crippen molar-refractivity contribution in [2.75, 3.05) is 13.2 Å². The van der Waals surface area contributed by atoms with Crippen LogP contribution >= 0.6 is 0 Å². The molecule has 2 fully saturated rings. The molecule has 3 nitrogen and oxygen atoms in total. The second-order valence-electron chi connectivity index (χ2n) is 5.08. The fraction of sp³-hybridized carbons (Fsp3) is 0.909. The third-order valence-electron chi connectivity index (χ3n) is 3.67. The Labute approximate surface area is 97.3 Å². The van der Waals surface area contributed by atoms with Crippen molar-refractivity contribution in [2.24, 2.45) is 11.3 Å². The van der Waals surface area contributed by atoms with Crippen LogP contribution in [0.4, 0.5) is 13.2 Å². The molecule has 1 heterocycles. The van der Waals surface area contributed by atoms with Crippen LogP contribution in [0.1, 0.15) is 26.7 Å². The molecule has 1 saturated carbocycles. The van der Waals surface area contributed by atoms with Gasteiger partial charge in [-0.05, 0) is 6.92 Å². The summed E-state index contributed by atoms with van der Waals surface area (Å²) in [5.74, 6) is -2.69. The maximum absolute atomic E-state index is 13.1. The number of hydrogen-bond donors (Lipinski definition) is 0. The van der Waals surface area contributed by atoms with Gasteiger partial charge in [-0.1, -0.05) is 6.92 Å². The third kappa shape index (κ3) is 1.87. The van der Waals surface area contributed by atoms with Crippen molar-refractivity contribution in [3.63, 3.8) is 0 Å². The lowest BCUT2D eigenvalue weighted by molar-refractivity contribution is -0.271. The molecule has 0 N–H and O–H groups in total. The second kappa shape index (κ2) is 3.68. The van der Waals surface area contributed by atoms with Crippen LogP contribution in [-0.4, -0.2) is 31.0 Å². The SMILES string of the molecule is CC1CC2(CC(C)(C(F)(F)F)C1=O)OCCO2. The van der Waals surface area contributed by atoms with Crippen molar-refractivity contribution in [1.29, 1.82) is 0 Å². The fourth-order valence-electron chi connectivity index (χ4n) is 2.76. The van der Waals surface area contributed by atoms with Gasteiger partial charge in [0, 0.05) is 18.8 Å². The molecule has 2 atom stereocenters. The van der Waals surface area contributed by atoms with E-state index >= 15 is 0 Å². The summed E-state index contributed by atoms with van der Waals surface area (Å²) in [5.41, 5.74) is -2.37. The summed E-state index contributed by atoms with van der Waals surface area (Å²) in [6.45, 7) is 3.01. The zero-order chi connectivity index (χ0) is 12.9. The molecule has 17 heavy (non-hydrogen) atoms. The Balaban J connectivity index is 2.35. The molecule has 1 aliphatic carbocycles. The number of Topliss-reactive ketones (excluding diaryl/α,β-unsaturated/α-hetero) is 1. The Bertz CT molecular complexity index is 333. The molecule has 0 bridgehead atoms. The lowest BCUT2D eigenvalue weighted by Gasteiger charge is -2.44. The zero-order valence-electron chi connectivity index (χ0n) is 9.76. The first-order valence-corrected chi connectivity index (χ1v) is 5.59. The third-order valence-corrected chi connectivity index (χ3v) is 3.67. The Morgan fingerprint density at radius 2 is 1.82 bits per heavy atom. The second-order valence-corrected chi connectivity index (χ2v) is 5.08. The number of hydrogen-bond acceptors (Lipinski definition) is 3. The van der Waals surface area contributed by atoms with Gasteiger partial charge >= 0.3 is 6.18 Å². The predicted octanol–water partition coefficient (Wildman–Crippen LogP) is 2.30. The molecule has 1 aliphatic heterocycles. The molecule has 0 radical (unpaired) electrons. The van der Waals surface area contributed by atoms with E-state index in [9.17, 15) is 18.0 Å². The molecule has 0 aromatic carbocycles. The van der Waals surface area contributed by atoms with E-state index in [-0.39, 0.29) is 19.6 Å². The largest absolute Gasteiger partial charge is 0.401 e. The highest BCUT2D eigenvalue weighted by atomic mass is 19.4. The van der Waals surface area contributed by atoms with Gasteiger partial charge in [0.1, 0.15) is 5.41 Å². The van der Waals surface area contributed by atoms with Gasteiger partial charge in [-0.3, -0.25) is 4.79 Å². The van der Waals surface area contributed by atoms with Gasteiger partial charge in [-0.15, -0.1) is 0 Å². The normalized spacial score (nSPS) is 37.7. The molecule has 2 rings (SSSR count). The topological polar surface area (TPSA) is 35.5 Å². The minimum Gasteiger partial charge on any atom is -0.347 e. The average Bonchev–Trinajstić information content (AvgIpc) is 2.61. The van der Waals surface area contributed by atoms with Crippen molar-refractivity contribution in [2.45, 2.75) is 38.7 Å². The number of rotatable bonds is 0. The van der Waals surface area contributed by atoms with Crippen molar-refractivity contribution < 1.29 is 27.4 Å². The van der Waals surface area contributed by atoms with E-state index in [2.05, 4.69) is 0 Å². The number of carbonyl (C=O) groups excluding carboxylic acids is 1. The van der Waals surface area contributed by atoms with Gasteiger partial charge in [0.25, 0.3) is 0 Å². The summed E-state index contributed by atoms with van der Waals surface area (Å²) in [6, 6.07) is 0. The molecular weight excluding hydrogens is 237 g/mol. The van der Waals surface area contributed by atoms with E-state index in [4.69, 9.17) is 9.47 Å². The van der Waals surface area contributed by atoms with Gasteiger partial charge in [0.05, 0.1) is 13.2 Å². The maximum atomic E-state index is 13.1. The van der Waals surface area contributed by atoms with Crippen LogP contribution in [0.5, 0.6) is 0 Å². The van der Waals surface area contributed by atoms with Gasteiger partial charge in [0.2, 0.25) is 0 Å². The summed E-state index contributed by atoms with van der Waals surface area (Å²) in [7, 11) is 0. The first-order valence-electron chi connectivity index (χ1n) is 5.59. The Morgan fingerprint density at radius 3 is 2.29 bits per heavy atom. The summed E-state index contributed by atoms with van der Waals surface area (Å²) in [6.07, 6.45) is -4.80. The highest BCUT2D eigenvalue weighted by Crippen LogP contribution is 2.53. The fourth-order valence-corrected chi connectivity index (χ4v) is 2.76. The Morgan fingerprint density at radius 1 is 1.29 bits per heavy atom. The standard InChI is InChI=1S/C11H15F3O3/c1-7-5-10(16-3-4-17-10)6-9(2,8(7)15)11(12,13)14/h7H,3-6H2,1-2H3. The van der Waals surface area contributed by atoms with Crippen LogP contribution in [0.25, 0.3) is 0 Å². The van der Waals surface area contributed by atoms with E-state index in [0.717, 1.165) is 6.92 Å². The first-order chi connectivity index (χ1) is 7.70. The summed E-state index contributed by atoms with van der Waals surface area (Å²) >= 11 is 0. The number of alkyl halides is 3. The van der Waals surface area contributed by atoms with Gasteiger partial charge < -0.3 is 9.47 Å². The average molecular weight is 252 g/mol. The number of ether oxygens (including phenoxy) is 2. The zero-order valence-corrected chi connectivity index (χ0v) is 9.76. The molecule has 0 aromatic heterocycles. The molecule has 1 spiro atoms. The first kappa shape index (κ1) is 12.8. The van der Waals surface area contributed by atoms with Crippen molar-refractivity contribution in [1.82, 2.24) is 0 Å². The van der Waals surface area contributed by atoms with Gasteiger partial charge in [-0.25, -0.2) is 0 Å². The van der Waals surface area contributed by atoms with E-state index in [1.807, 2.05) is 0 Å².